The van der Waals surface area contributed by atoms with Crippen LogP contribution >= 0.6 is 22.6 Å². The summed E-state index contributed by atoms with van der Waals surface area (Å²) in [4.78, 5) is 12.0. The Bertz CT molecular complexity index is 282. The minimum absolute atomic E-state index is 0.0110. The van der Waals surface area contributed by atoms with E-state index in [0.29, 0.717) is 5.92 Å². The number of rotatable bonds is 3. The van der Waals surface area contributed by atoms with Crippen LogP contribution in [0.25, 0.3) is 0 Å². The van der Waals surface area contributed by atoms with Crippen LogP contribution in [0.15, 0.2) is 0 Å². The van der Waals surface area contributed by atoms with Gasteiger partial charge in [-0.05, 0) is 25.7 Å². The molecule has 1 aliphatic carbocycles. The molecule has 1 aliphatic heterocycles. The number of hydrogen-bond donors (Lipinski definition) is 1. The Labute approximate surface area is 124 Å². The summed E-state index contributed by atoms with van der Waals surface area (Å²) in [6.45, 7) is 4.14. The van der Waals surface area contributed by atoms with Gasteiger partial charge in [-0.15, -0.1) is 0 Å². The maximum absolute atomic E-state index is 12.0. The summed E-state index contributed by atoms with van der Waals surface area (Å²) in [5, 5.41) is 2.35. The summed E-state index contributed by atoms with van der Waals surface area (Å²) in [6, 6.07) is 0. The van der Waals surface area contributed by atoms with Gasteiger partial charge in [-0.2, -0.15) is 0 Å². The first kappa shape index (κ1) is 14.6. The van der Waals surface area contributed by atoms with Gasteiger partial charge in [0, 0.05) is 12.8 Å². The molecule has 2 N–H and O–H groups in total. The highest BCUT2D eigenvalue weighted by Crippen LogP contribution is 2.40. The third kappa shape index (κ3) is 3.38. The van der Waals surface area contributed by atoms with Crippen LogP contribution in [0.3, 0.4) is 0 Å². The van der Waals surface area contributed by atoms with Gasteiger partial charge in [0.25, 0.3) is 0 Å². The summed E-state index contributed by atoms with van der Waals surface area (Å²) in [6.07, 6.45) is 8.58. The molecule has 1 atom stereocenters. The molecule has 2 aliphatic rings. The number of alkyl halides is 1. The van der Waals surface area contributed by atoms with E-state index in [9.17, 15) is 4.79 Å². The quantitative estimate of drug-likeness (QED) is 0.472. The first-order chi connectivity index (χ1) is 8.64. The van der Waals surface area contributed by atoms with Crippen molar-refractivity contribution in [1.82, 2.24) is 0 Å². The maximum Gasteiger partial charge on any atom is 0.319 e. The zero-order valence-corrected chi connectivity index (χ0v) is 13.4. The predicted molar refractivity (Wildman–Crippen MR) is 79.8 cm³/mol. The van der Waals surface area contributed by atoms with E-state index in [-0.39, 0.29) is 15.5 Å². The van der Waals surface area contributed by atoms with Gasteiger partial charge < -0.3 is 10.1 Å². The Balaban J connectivity index is 2.08. The standard InChI is InChI=1S/C14H24INO2/c1-11(15)13(17)18-14(7-9-16-10-8-14)12-5-3-2-4-6-12/h11-12,16H,2-10H2,1H3/p+1. The summed E-state index contributed by atoms with van der Waals surface area (Å²) in [5.74, 6) is 0.599. The molecule has 3 nitrogen and oxygen atoms in total. The number of nitrogens with two attached hydrogens (primary N) is 1. The Morgan fingerprint density at radius 1 is 1.28 bits per heavy atom. The van der Waals surface area contributed by atoms with Crippen LogP contribution < -0.4 is 5.32 Å². The molecule has 104 valence electrons. The molecule has 1 heterocycles. The fourth-order valence-corrected chi connectivity index (χ4v) is 3.59. The van der Waals surface area contributed by atoms with Crippen molar-refractivity contribution in [2.24, 2.45) is 5.92 Å². The van der Waals surface area contributed by atoms with Gasteiger partial charge in [0.2, 0.25) is 0 Å². The zero-order chi connectivity index (χ0) is 13.0. The van der Waals surface area contributed by atoms with E-state index in [2.05, 4.69) is 27.9 Å². The van der Waals surface area contributed by atoms with E-state index < -0.39 is 0 Å². The lowest BCUT2D eigenvalue weighted by molar-refractivity contribution is -0.668. The van der Waals surface area contributed by atoms with Crippen LogP contribution in [0.1, 0.15) is 51.9 Å². The molecule has 0 aromatic rings. The first-order valence-corrected chi connectivity index (χ1v) is 8.57. The maximum atomic E-state index is 12.0. The number of ether oxygens (including phenoxy) is 1. The van der Waals surface area contributed by atoms with Crippen molar-refractivity contribution < 1.29 is 14.8 Å². The smallest absolute Gasteiger partial charge is 0.319 e. The largest absolute Gasteiger partial charge is 0.458 e. The van der Waals surface area contributed by atoms with Crippen LogP contribution in [-0.2, 0) is 9.53 Å². The molecule has 0 bridgehead atoms. The van der Waals surface area contributed by atoms with Gasteiger partial charge in [0.1, 0.15) is 9.53 Å². The number of quaternary nitrogens is 1. The molecule has 2 fully saturated rings. The van der Waals surface area contributed by atoms with Gasteiger partial charge in [0.15, 0.2) is 0 Å². The topological polar surface area (TPSA) is 42.9 Å². The van der Waals surface area contributed by atoms with E-state index in [1.54, 1.807) is 0 Å². The van der Waals surface area contributed by atoms with Crippen LogP contribution in [-0.4, -0.2) is 28.6 Å². The summed E-state index contributed by atoms with van der Waals surface area (Å²) in [7, 11) is 0. The minimum Gasteiger partial charge on any atom is -0.458 e. The van der Waals surface area contributed by atoms with Crippen LogP contribution in [0, 0.1) is 5.92 Å². The predicted octanol–water partition coefficient (Wildman–Crippen LogP) is 2.03. The zero-order valence-electron chi connectivity index (χ0n) is 11.3. The van der Waals surface area contributed by atoms with Crippen molar-refractivity contribution in [2.75, 3.05) is 13.1 Å². The Morgan fingerprint density at radius 2 is 1.89 bits per heavy atom. The van der Waals surface area contributed by atoms with Crippen molar-refractivity contribution in [3.8, 4) is 0 Å². The summed E-state index contributed by atoms with van der Waals surface area (Å²) >= 11 is 2.16. The van der Waals surface area contributed by atoms with Crippen LogP contribution in [0.4, 0.5) is 0 Å². The van der Waals surface area contributed by atoms with Gasteiger partial charge in [-0.1, -0.05) is 41.9 Å². The molecule has 18 heavy (non-hydrogen) atoms. The molecule has 1 saturated carbocycles. The fraction of sp³-hybridized carbons (Fsp3) is 0.929. The number of piperidine rings is 1. The molecule has 2 rings (SSSR count). The lowest BCUT2D eigenvalue weighted by Gasteiger charge is -2.43. The Hall–Kier alpha value is 0.160. The molecular formula is C14H25INO2+. The van der Waals surface area contributed by atoms with Crippen LogP contribution in [0.5, 0.6) is 0 Å². The molecule has 4 heteroatoms. The second kappa shape index (κ2) is 6.55. The highest BCUT2D eigenvalue weighted by molar-refractivity contribution is 14.1. The van der Waals surface area contributed by atoms with Gasteiger partial charge >= 0.3 is 5.97 Å². The number of hydrogen-bond acceptors (Lipinski definition) is 2. The summed E-state index contributed by atoms with van der Waals surface area (Å²) in [5.41, 5.74) is -0.133. The van der Waals surface area contributed by atoms with E-state index in [1.165, 1.54) is 32.1 Å². The summed E-state index contributed by atoms with van der Waals surface area (Å²) < 4.78 is 5.98. The number of carbonyl (C=O) groups is 1. The second-order valence-corrected chi connectivity index (χ2v) is 7.67. The van der Waals surface area contributed by atoms with Crippen molar-refractivity contribution in [1.29, 1.82) is 0 Å². The third-order valence-electron chi connectivity index (χ3n) is 4.52. The number of carbonyl (C=O) groups excluding carboxylic acids is 1. The van der Waals surface area contributed by atoms with Crippen molar-refractivity contribution in [2.45, 2.75) is 61.4 Å². The fourth-order valence-electron chi connectivity index (χ4n) is 3.47. The second-order valence-electron chi connectivity index (χ2n) is 5.80. The highest BCUT2D eigenvalue weighted by atomic mass is 127. The SMILES string of the molecule is CC(I)C(=O)OC1(C2CCCCC2)CC[NH2+]CC1. The molecule has 1 saturated heterocycles. The lowest BCUT2D eigenvalue weighted by Crippen LogP contribution is -2.88. The van der Waals surface area contributed by atoms with E-state index in [4.69, 9.17) is 4.74 Å². The normalized spacial score (nSPS) is 26.6. The molecule has 0 aromatic carbocycles. The average Bonchev–Trinajstić information content (AvgIpc) is 2.40. The molecule has 0 aromatic heterocycles. The van der Waals surface area contributed by atoms with E-state index in [0.717, 1.165) is 25.9 Å². The molecule has 0 spiro atoms. The van der Waals surface area contributed by atoms with Crippen LogP contribution in [0.2, 0.25) is 0 Å². The number of halogens is 1. The van der Waals surface area contributed by atoms with Gasteiger partial charge in [0.05, 0.1) is 13.1 Å². The lowest BCUT2D eigenvalue weighted by atomic mass is 9.72. The van der Waals surface area contributed by atoms with Gasteiger partial charge in [-0.3, -0.25) is 4.79 Å². The highest BCUT2D eigenvalue weighted by Gasteiger charge is 2.45. The van der Waals surface area contributed by atoms with Gasteiger partial charge in [-0.25, -0.2) is 0 Å². The van der Waals surface area contributed by atoms with Crippen molar-refractivity contribution >= 4 is 28.6 Å². The third-order valence-corrected chi connectivity index (χ3v) is 5.03. The minimum atomic E-state index is -0.133. The van der Waals surface area contributed by atoms with Crippen molar-refractivity contribution in [3.05, 3.63) is 0 Å². The van der Waals surface area contributed by atoms with E-state index in [1.807, 2.05) is 6.92 Å². The molecular weight excluding hydrogens is 341 g/mol. The first-order valence-electron chi connectivity index (χ1n) is 7.33. The number of esters is 1. The van der Waals surface area contributed by atoms with Crippen molar-refractivity contribution in [3.63, 3.8) is 0 Å². The van der Waals surface area contributed by atoms with E-state index >= 15 is 0 Å². The monoisotopic (exact) mass is 366 g/mol. The Morgan fingerprint density at radius 3 is 2.44 bits per heavy atom. The Kier molecular flexibility index (Phi) is 5.30. The average molecular weight is 366 g/mol. The molecule has 0 radical (unpaired) electrons. The molecule has 0 amide bonds. The molecule has 1 unspecified atom stereocenters.